The number of carbonyl (C=O) groups is 2. The van der Waals surface area contributed by atoms with E-state index in [1.54, 1.807) is 17.0 Å². The van der Waals surface area contributed by atoms with Gasteiger partial charge in [0.2, 0.25) is 5.91 Å². The number of carbonyl (C=O) groups excluding carboxylic acids is 2. The maximum atomic E-state index is 14.4. The molecule has 0 fully saturated rings. The van der Waals surface area contributed by atoms with Gasteiger partial charge in [0.25, 0.3) is 5.91 Å². The van der Waals surface area contributed by atoms with Crippen LogP contribution in [0.2, 0.25) is 5.02 Å². The van der Waals surface area contributed by atoms with Gasteiger partial charge in [0, 0.05) is 18.7 Å². The highest BCUT2D eigenvalue weighted by Gasteiger charge is 2.35. The first kappa shape index (κ1) is 26.7. The predicted molar refractivity (Wildman–Crippen MR) is 134 cm³/mol. The van der Waals surface area contributed by atoms with Crippen LogP contribution in [0.15, 0.2) is 54.6 Å². The van der Waals surface area contributed by atoms with E-state index in [2.05, 4.69) is 12.2 Å². The number of nitrogens with one attached hydrogen (secondary N) is 1. The normalized spacial score (nSPS) is 13.3. The van der Waals surface area contributed by atoms with Gasteiger partial charge in [0.1, 0.15) is 5.82 Å². The minimum absolute atomic E-state index is 0.103. The standard InChI is InChI=1S/C28H25ClF4N2O2/c1-2-4-17-7-9-18(10-8-17)27(37)35-14-13-21-20(16-35)11-12-23(29)26(21)34-24(36)15-19-5-3-6-22(25(19)30)28(31,32)33/h3,5-12H,2,4,13-16H2,1H3,(H,34,36). The number of aryl methyl sites for hydroxylation is 1. The Morgan fingerprint density at radius 3 is 2.46 bits per heavy atom. The molecule has 4 rings (SSSR count). The second-order valence-electron chi connectivity index (χ2n) is 8.99. The van der Waals surface area contributed by atoms with Gasteiger partial charge in [-0.3, -0.25) is 9.59 Å². The number of rotatable bonds is 6. The van der Waals surface area contributed by atoms with Gasteiger partial charge in [-0.2, -0.15) is 13.2 Å². The lowest BCUT2D eigenvalue weighted by atomic mass is 9.96. The molecule has 3 aromatic rings. The zero-order valence-electron chi connectivity index (χ0n) is 20.1. The van der Waals surface area contributed by atoms with Crippen molar-refractivity contribution in [2.24, 2.45) is 0 Å². The summed E-state index contributed by atoms with van der Waals surface area (Å²) in [6, 6.07) is 13.8. The van der Waals surface area contributed by atoms with Crippen molar-refractivity contribution in [2.45, 2.75) is 45.3 Å². The number of anilines is 1. The lowest BCUT2D eigenvalue weighted by Gasteiger charge is -2.30. The van der Waals surface area contributed by atoms with E-state index < -0.39 is 29.9 Å². The van der Waals surface area contributed by atoms with Crippen molar-refractivity contribution < 1.29 is 27.2 Å². The van der Waals surface area contributed by atoms with Crippen molar-refractivity contribution in [1.82, 2.24) is 4.90 Å². The van der Waals surface area contributed by atoms with Gasteiger partial charge in [0.15, 0.2) is 0 Å². The first-order valence-electron chi connectivity index (χ1n) is 11.9. The molecule has 0 saturated heterocycles. The maximum Gasteiger partial charge on any atom is 0.419 e. The molecule has 2 amide bonds. The molecule has 0 aromatic heterocycles. The average Bonchev–Trinajstić information content (AvgIpc) is 2.86. The highest BCUT2D eigenvalue weighted by molar-refractivity contribution is 6.34. The predicted octanol–water partition coefficient (Wildman–Crippen LogP) is 6.83. The molecular weight excluding hydrogens is 508 g/mol. The van der Waals surface area contributed by atoms with Crippen molar-refractivity contribution in [3.05, 3.63) is 98.8 Å². The van der Waals surface area contributed by atoms with E-state index in [1.165, 1.54) is 5.56 Å². The average molecular weight is 533 g/mol. The Morgan fingerprint density at radius 1 is 1.05 bits per heavy atom. The number of halogens is 5. The number of fused-ring (bicyclic) bond motifs is 1. The number of alkyl halides is 3. The van der Waals surface area contributed by atoms with Crippen molar-refractivity contribution in [1.29, 1.82) is 0 Å². The van der Waals surface area contributed by atoms with E-state index >= 15 is 0 Å². The molecule has 0 aliphatic carbocycles. The highest BCUT2D eigenvalue weighted by atomic mass is 35.5. The van der Waals surface area contributed by atoms with E-state index in [0.29, 0.717) is 36.8 Å². The molecule has 1 aliphatic heterocycles. The van der Waals surface area contributed by atoms with Gasteiger partial charge in [-0.1, -0.05) is 55.3 Å². The van der Waals surface area contributed by atoms with Crippen molar-refractivity contribution in [2.75, 3.05) is 11.9 Å². The first-order valence-corrected chi connectivity index (χ1v) is 12.3. The van der Waals surface area contributed by atoms with Crippen LogP contribution in [-0.2, 0) is 36.8 Å². The summed E-state index contributed by atoms with van der Waals surface area (Å²) in [5.41, 5.74) is 1.84. The largest absolute Gasteiger partial charge is 0.419 e. The van der Waals surface area contributed by atoms with Crippen LogP contribution >= 0.6 is 11.6 Å². The lowest BCUT2D eigenvalue weighted by molar-refractivity contribution is -0.140. The number of hydrogen-bond donors (Lipinski definition) is 1. The molecule has 1 aliphatic rings. The Labute approximate surface area is 217 Å². The zero-order chi connectivity index (χ0) is 26.7. The molecule has 0 saturated carbocycles. The SMILES string of the molecule is CCCc1ccc(C(=O)N2CCc3c(ccc(Cl)c3NC(=O)Cc3cccc(C(F)(F)F)c3F)C2)cc1. The monoisotopic (exact) mass is 532 g/mol. The molecule has 0 atom stereocenters. The molecule has 37 heavy (non-hydrogen) atoms. The van der Waals surface area contributed by atoms with Crippen LogP contribution in [0.3, 0.4) is 0 Å². The Morgan fingerprint density at radius 2 is 1.78 bits per heavy atom. The summed E-state index contributed by atoms with van der Waals surface area (Å²) in [4.78, 5) is 27.5. The Balaban J connectivity index is 1.49. The fraction of sp³-hybridized carbons (Fsp3) is 0.286. The summed E-state index contributed by atoms with van der Waals surface area (Å²) >= 11 is 6.34. The molecule has 4 nitrogen and oxygen atoms in total. The summed E-state index contributed by atoms with van der Waals surface area (Å²) < 4.78 is 53.4. The number of hydrogen-bond acceptors (Lipinski definition) is 2. The van der Waals surface area contributed by atoms with Crippen molar-refractivity contribution in [3.63, 3.8) is 0 Å². The van der Waals surface area contributed by atoms with Crippen molar-refractivity contribution in [3.8, 4) is 0 Å². The Hall–Kier alpha value is -3.39. The third-order valence-electron chi connectivity index (χ3n) is 6.38. The van der Waals surface area contributed by atoms with Crippen LogP contribution < -0.4 is 5.32 Å². The molecule has 194 valence electrons. The summed E-state index contributed by atoms with van der Waals surface area (Å²) in [5.74, 6) is -2.27. The van der Waals surface area contributed by atoms with Crippen LogP contribution in [0.25, 0.3) is 0 Å². The molecule has 1 heterocycles. The molecule has 9 heteroatoms. The van der Waals surface area contributed by atoms with E-state index in [0.717, 1.165) is 36.1 Å². The minimum Gasteiger partial charge on any atom is -0.334 e. The fourth-order valence-corrected chi connectivity index (χ4v) is 4.74. The maximum absolute atomic E-state index is 14.4. The summed E-state index contributed by atoms with van der Waals surface area (Å²) in [6.07, 6.45) is -3.07. The second-order valence-corrected chi connectivity index (χ2v) is 9.39. The van der Waals surface area contributed by atoms with Crippen LogP contribution in [0, 0.1) is 5.82 Å². The Kier molecular flexibility index (Phi) is 7.87. The van der Waals surface area contributed by atoms with Crippen LogP contribution in [0.1, 0.15) is 51.5 Å². The summed E-state index contributed by atoms with van der Waals surface area (Å²) in [6.45, 7) is 2.80. The Bertz CT molecular complexity index is 1320. The molecule has 0 unspecified atom stereocenters. The number of benzene rings is 3. The van der Waals surface area contributed by atoms with Gasteiger partial charge in [-0.25, -0.2) is 4.39 Å². The molecule has 0 spiro atoms. The van der Waals surface area contributed by atoms with E-state index in [9.17, 15) is 27.2 Å². The fourth-order valence-electron chi connectivity index (χ4n) is 4.51. The molecule has 0 radical (unpaired) electrons. The quantitative estimate of drug-likeness (QED) is 0.354. The van der Waals surface area contributed by atoms with E-state index in [-0.39, 0.29) is 16.5 Å². The van der Waals surface area contributed by atoms with E-state index in [1.807, 2.05) is 24.3 Å². The van der Waals surface area contributed by atoms with Crippen LogP contribution in [0.4, 0.5) is 23.2 Å². The highest BCUT2D eigenvalue weighted by Crippen LogP contribution is 2.35. The number of amides is 2. The first-order chi connectivity index (χ1) is 17.6. The van der Waals surface area contributed by atoms with Gasteiger partial charge in [0.05, 0.1) is 22.7 Å². The van der Waals surface area contributed by atoms with Gasteiger partial charge in [-0.15, -0.1) is 0 Å². The minimum atomic E-state index is -4.86. The summed E-state index contributed by atoms with van der Waals surface area (Å²) in [5, 5.41) is 2.90. The van der Waals surface area contributed by atoms with Gasteiger partial charge >= 0.3 is 6.18 Å². The van der Waals surface area contributed by atoms with Gasteiger partial charge < -0.3 is 10.2 Å². The lowest BCUT2D eigenvalue weighted by Crippen LogP contribution is -2.36. The topological polar surface area (TPSA) is 49.4 Å². The van der Waals surface area contributed by atoms with Crippen molar-refractivity contribution >= 4 is 29.1 Å². The molecule has 0 bridgehead atoms. The third-order valence-corrected chi connectivity index (χ3v) is 6.69. The van der Waals surface area contributed by atoms with E-state index in [4.69, 9.17) is 11.6 Å². The third kappa shape index (κ3) is 5.96. The second kappa shape index (κ2) is 10.9. The molecule has 1 N–H and O–H groups in total. The van der Waals surface area contributed by atoms with Gasteiger partial charge in [-0.05, 0) is 59.4 Å². The van der Waals surface area contributed by atoms with Crippen LogP contribution in [-0.4, -0.2) is 23.3 Å². The zero-order valence-corrected chi connectivity index (χ0v) is 20.8. The van der Waals surface area contributed by atoms with Crippen LogP contribution in [0.5, 0.6) is 0 Å². The molecule has 3 aromatic carbocycles. The smallest absolute Gasteiger partial charge is 0.334 e. The molecular formula is C28H25ClF4N2O2. The summed E-state index contributed by atoms with van der Waals surface area (Å²) in [7, 11) is 0. The number of nitrogens with zero attached hydrogens (tertiary/aromatic N) is 1.